The number of hydrogen-bond acceptors (Lipinski definition) is 7. The van der Waals surface area contributed by atoms with E-state index in [1.165, 1.54) is 5.56 Å². The van der Waals surface area contributed by atoms with E-state index in [1.807, 2.05) is 4.40 Å². The fourth-order valence-corrected chi connectivity index (χ4v) is 6.68. The Morgan fingerprint density at radius 2 is 1.87 bits per heavy atom. The standard InChI is InChI=1S/C28H37BrN8O/c1-17(2)25(21-8-10-22(29)11-9-21)34-13-19(4)35(14-18(34)3)26-24-27(37-16-30-33-28(37)32-26)36(20(5)31-24)15-23-7-6-12-38-23/h8-11,16-19,23,25H,6-7,12-15H2,1-5H3/t18-,19+,23?,25+/m1/s1. The molecule has 0 spiro atoms. The molecule has 2 aliphatic heterocycles. The van der Waals surface area contributed by atoms with Gasteiger partial charge < -0.3 is 14.2 Å². The van der Waals surface area contributed by atoms with Crippen molar-refractivity contribution in [3.8, 4) is 0 Å². The summed E-state index contributed by atoms with van der Waals surface area (Å²) >= 11 is 3.59. The van der Waals surface area contributed by atoms with Crippen LogP contribution in [0, 0.1) is 12.8 Å². The monoisotopic (exact) mass is 580 g/mol. The maximum absolute atomic E-state index is 5.97. The molecule has 0 aliphatic carbocycles. The minimum Gasteiger partial charge on any atom is -0.376 e. The summed E-state index contributed by atoms with van der Waals surface area (Å²) in [6.45, 7) is 14.8. The van der Waals surface area contributed by atoms with Gasteiger partial charge in [-0.05, 0) is 57.2 Å². The normalized spacial score (nSPS) is 23.8. The minimum atomic E-state index is 0.211. The Hall–Kier alpha value is -2.56. The first-order valence-corrected chi connectivity index (χ1v) is 14.6. The number of aryl methyl sites for hydroxylation is 1. The van der Waals surface area contributed by atoms with Crippen LogP contribution in [0.5, 0.6) is 0 Å². The lowest BCUT2D eigenvalue weighted by atomic mass is 9.91. The lowest BCUT2D eigenvalue weighted by Gasteiger charge is -2.49. The molecule has 0 N–H and O–H groups in total. The molecule has 202 valence electrons. The summed E-state index contributed by atoms with van der Waals surface area (Å²) < 4.78 is 11.3. The van der Waals surface area contributed by atoms with Gasteiger partial charge in [0.15, 0.2) is 11.5 Å². The predicted octanol–water partition coefficient (Wildman–Crippen LogP) is 5.02. The summed E-state index contributed by atoms with van der Waals surface area (Å²) in [6, 6.07) is 9.76. The summed E-state index contributed by atoms with van der Waals surface area (Å²) in [5.41, 5.74) is 3.28. The molecule has 2 fully saturated rings. The highest BCUT2D eigenvalue weighted by Crippen LogP contribution is 2.36. The molecule has 0 saturated carbocycles. The highest BCUT2D eigenvalue weighted by Gasteiger charge is 2.37. The van der Waals surface area contributed by atoms with Crippen molar-refractivity contribution in [2.75, 3.05) is 24.6 Å². The van der Waals surface area contributed by atoms with Crippen LogP contribution in [0.25, 0.3) is 16.9 Å². The van der Waals surface area contributed by atoms with Crippen LogP contribution in [0.15, 0.2) is 35.1 Å². The highest BCUT2D eigenvalue weighted by atomic mass is 79.9. The molecule has 0 radical (unpaired) electrons. The van der Waals surface area contributed by atoms with Gasteiger partial charge in [-0.1, -0.05) is 41.9 Å². The average Bonchev–Trinajstić information content (AvgIpc) is 3.63. The number of anilines is 1. The zero-order valence-corrected chi connectivity index (χ0v) is 24.5. The van der Waals surface area contributed by atoms with Crippen LogP contribution >= 0.6 is 15.9 Å². The van der Waals surface area contributed by atoms with Crippen molar-refractivity contribution in [3.05, 3.63) is 46.5 Å². The van der Waals surface area contributed by atoms with Crippen molar-refractivity contribution in [2.45, 2.75) is 78.2 Å². The van der Waals surface area contributed by atoms with Gasteiger partial charge in [0.1, 0.15) is 17.7 Å². The average molecular weight is 582 g/mol. The molecule has 1 unspecified atom stereocenters. The Bertz CT molecular complexity index is 1420. The summed E-state index contributed by atoms with van der Waals surface area (Å²) in [5, 5.41) is 8.55. The highest BCUT2D eigenvalue weighted by molar-refractivity contribution is 9.10. The minimum absolute atomic E-state index is 0.211. The van der Waals surface area contributed by atoms with E-state index in [2.05, 4.69) is 99.4 Å². The zero-order chi connectivity index (χ0) is 26.6. The Kier molecular flexibility index (Phi) is 6.90. The fraction of sp³-hybridized carbons (Fsp3) is 0.571. The zero-order valence-electron chi connectivity index (χ0n) is 22.9. The molecule has 5 heterocycles. The lowest BCUT2D eigenvalue weighted by Crippen LogP contribution is -2.58. The quantitative estimate of drug-likeness (QED) is 0.317. The van der Waals surface area contributed by atoms with Crippen LogP contribution in [-0.4, -0.2) is 71.9 Å². The van der Waals surface area contributed by atoms with Gasteiger partial charge in [0, 0.05) is 42.3 Å². The van der Waals surface area contributed by atoms with E-state index in [-0.39, 0.29) is 12.1 Å². The van der Waals surface area contributed by atoms with Crippen LogP contribution in [0.1, 0.15) is 58.0 Å². The third-order valence-electron chi connectivity index (χ3n) is 8.22. The molecule has 3 aromatic heterocycles. The molecule has 0 amide bonds. The molecule has 2 aliphatic rings. The van der Waals surface area contributed by atoms with Crippen molar-refractivity contribution >= 4 is 38.7 Å². The number of hydrogen-bond donors (Lipinski definition) is 0. The number of aromatic nitrogens is 6. The molecule has 1 aromatic carbocycles. The Morgan fingerprint density at radius 3 is 2.58 bits per heavy atom. The number of fused-ring (bicyclic) bond motifs is 3. The van der Waals surface area contributed by atoms with Crippen LogP contribution in [-0.2, 0) is 11.3 Å². The first kappa shape index (κ1) is 25.7. The van der Waals surface area contributed by atoms with E-state index in [1.54, 1.807) is 6.33 Å². The molecule has 4 atom stereocenters. The van der Waals surface area contributed by atoms with E-state index in [0.29, 0.717) is 23.8 Å². The molecule has 4 aromatic rings. The van der Waals surface area contributed by atoms with Gasteiger partial charge in [0.25, 0.3) is 5.78 Å². The van der Waals surface area contributed by atoms with Crippen molar-refractivity contribution in [3.63, 3.8) is 0 Å². The van der Waals surface area contributed by atoms with Gasteiger partial charge in [0.05, 0.1) is 12.6 Å². The summed E-state index contributed by atoms with van der Waals surface area (Å²) in [5.74, 6) is 2.97. The summed E-state index contributed by atoms with van der Waals surface area (Å²) in [4.78, 5) is 15.2. The van der Waals surface area contributed by atoms with Gasteiger partial charge in [-0.3, -0.25) is 4.90 Å². The van der Waals surface area contributed by atoms with E-state index in [4.69, 9.17) is 14.7 Å². The van der Waals surface area contributed by atoms with Crippen LogP contribution in [0.4, 0.5) is 5.82 Å². The molecule has 0 bridgehead atoms. The van der Waals surface area contributed by atoms with Gasteiger partial charge in [-0.15, -0.1) is 10.2 Å². The number of benzene rings is 1. The molecular weight excluding hydrogens is 544 g/mol. The van der Waals surface area contributed by atoms with Gasteiger partial charge in [0.2, 0.25) is 0 Å². The third-order valence-corrected chi connectivity index (χ3v) is 8.75. The number of halogens is 1. The second kappa shape index (κ2) is 10.2. The van der Waals surface area contributed by atoms with E-state index in [9.17, 15) is 0 Å². The summed E-state index contributed by atoms with van der Waals surface area (Å²) in [7, 11) is 0. The Labute approximate surface area is 232 Å². The molecule has 10 heteroatoms. The van der Waals surface area contributed by atoms with Crippen LogP contribution in [0.3, 0.4) is 0 Å². The first-order valence-electron chi connectivity index (χ1n) is 13.8. The largest absolute Gasteiger partial charge is 0.376 e. The van der Waals surface area contributed by atoms with Gasteiger partial charge in [-0.2, -0.15) is 4.98 Å². The molecule has 2 saturated heterocycles. The van der Waals surface area contributed by atoms with Gasteiger partial charge in [-0.25, -0.2) is 9.38 Å². The molecule has 38 heavy (non-hydrogen) atoms. The van der Waals surface area contributed by atoms with E-state index in [0.717, 1.165) is 66.4 Å². The van der Waals surface area contributed by atoms with Crippen molar-refractivity contribution in [2.24, 2.45) is 5.92 Å². The van der Waals surface area contributed by atoms with Gasteiger partial charge >= 0.3 is 0 Å². The number of imidazole rings is 1. The van der Waals surface area contributed by atoms with Crippen molar-refractivity contribution in [1.82, 2.24) is 34.0 Å². The topological polar surface area (TPSA) is 76.6 Å². The van der Waals surface area contributed by atoms with E-state index >= 15 is 0 Å². The summed E-state index contributed by atoms with van der Waals surface area (Å²) in [6.07, 6.45) is 4.15. The second-order valence-electron chi connectivity index (χ2n) is 11.3. The number of piperazine rings is 1. The molecule has 9 nitrogen and oxygen atoms in total. The van der Waals surface area contributed by atoms with Crippen LogP contribution < -0.4 is 4.90 Å². The SMILES string of the molecule is Cc1nc2c(N3C[C@@H](C)N([C@H](c4ccc(Br)cc4)C(C)C)C[C@@H]3C)nc3nncn3c2n1CC1CCCO1. The third kappa shape index (κ3) is 4.50. The number of rotatable bonds is 6. The molecular formula is C28H37BrN8O. The predicted molar refractivity (Wildman–Crippen MR) is 152 cm³/mol. The lowest BCUT2D eigenvalue weighted by molar-refractivity contribution is 0.0822. The maximum Gasteiger partial charge on any atom is 0.258 e. The number of ether oxygens (including phenoxy) is 1. The first-order chi connectivity index (χ1) is 18.3. The fourth-order valence-electron chi connectivity index (χ4n) is 6.42. The van der Waals surface area contributed by atoms with Crippen molar-refractivity contribution < 1.29 is 4.74 Å². The van der Waals surface area contributed by atoms with E-state index < -0.39 is 0 Å². The Morgan fingerprint density at radius 1 is 1.08 bits per heavy atom. The van der Waals surface area contributed by atoms with Crippen LogP contribution in [0.2, 0.25) is 0 Å². The second-order valence-corrected chi connectivity index (χ2v) is 12.2. The molecule has 6 rings (SSSR count). The smallest absolute Gasteiger partial charge is 0.258 e. The van der Waals surface area contributed by atoms with Crippen molar-refractivity contribution in [1.29, 1.82) is 0 Å². The number of nitrogens with zero attached hydrogens (tertiary/aromatic N) is 8. The maximum atomic E-state index is 5.97. The Balaban J connectivity index is 1.37.